The first kappa shape index (κ1) is 15.6. The fourth-order valence-electron chi connectivity index (χ4n) is 1.89. The summed E-state index contributed by atoms with van der Waals surface area (Å²) in [7, 11) is 1.87. The van der Waals surface area contributed by atoms with Gasteiger partial charge in [0, 0.05) is 13.6 Å². The first-order valence-electron chi connectivity index (χ1n) is 6.91. The number of rotatable bonds is 6. The first-order valence-corrected chi connectivity index (χ1v) is 7.79. The highest BCUT2D eigenvalue weighted by Gasteiger charge is 2.17. The standard InChI is InChI=1S/C15H20N4OS/c1-11(13-7-5-4-6-8-13)9-16-14(20)12(2)21-15-18-17-10-19(15)3/h4-8,10-12H,9H2,1-3H3,(H,16,20). The molecule has 21 heavy (non-hydrogen) atoms. The van der Waals surface area contributed by atoms with Gasteiger partial charge in [0.05, 0.1) is 5.25 Å². The minimum Gasteiger partial charge on any atom is -0.355 e. The van der Waals surface area contributed by atoms with E-state index in [0.29, 0.717) is 12.5 Å². The van der Waals surface area contributed by atoms with E-state index < -0.39 is 0 Å². The van der Waals surface area contributed by atoms with Gasteiger partial charge >= 0.3 is 0 Å². The topological polar surface area (TPSA) is 59.8 Å². The molecular formula is C15H20N4OS. The van der Waals surface area contributed by atoms with E-state index in [1.165, 1.54) is 17.3 Å². The SMILES string of the molecule is CC(Sc1nncn1C)C(=O)NCC(C)c1ccccc1. The molecule has 6 heteroatoms. The lowest BCUT2D eigenvalue weighted by atomic mass is 10.0. The van der Waals surface area contributed by atoms with Gasteiger partial charge in [-0.15, -0.1) is 10.2 Å². The number of nitrogens with one attached hydrogen (secondary N) is 1. The maximum absolute atomic E-state index is 12.1. The molecule has 1 aromatic carbocycles. The lowest BCUT2D eigenvalue weighted by Crippen LogP contribution is -2.33. The van der Waals surface area contributed by atoms with Crippen molar-refractivity contribution >= 4 is 17.7 Å². The quantitative estimate of drug-likeness (QED) is 0.831. The van der Waals surface area contributed by atoms with Crippen LogP contribution in [0.15, 0.2) is 41.8 Å². The van der Waals surface area contributed by atoms with Gasteiger partial charge in [0.1, 0.15) is 6.33 Å². The van der Waals surface area contributed by atoms with Crippen LogP contribution in [0.5, 0.6) is 0 Å². The molecule has 0 saturated carbocycles. The van der Waals surface area contributed by atoms with E-state index in [1.54, 1.807) is 10.9 Å². The molecule has 0 aliphatic rings. The number of aromatic nitrogens is 3. The summed E-state index contributed by atoms with van der Waals surface area (Å²) in [6, 6.07) is 10.2. The van der Waals surface area contributed by atoms with Gasteiger partial charge in [0.2, 0.25) is 5.91 Å². The average molecular weight is 304 g/mol. The van der Waals surface area contributed by atoms with Crippen molar-refractivity contribution < 1.29 is 4.79 Å². The van der Waals surface area contributed by atoms with E-state index in [9.17, 15) is 4.79 Å². The Morgan fingerprint density at radius 1 is 1.33 bits per heavy atom. The number of aryl methyl sites for hydroxylation is 1. The van der Waals surface area contributed by atoms with Gasteiger partial charge in [-0.3, -0.25) is 4.79 Å². The third-order valence-electron chi connectivity index (χ3n) is 3.27. The van der Waals surface area contributed by atoms with Gasteiger partial charge in [0.15, 0.2) is 5.16 Å². The lowest BCUT2D eigenvalue weighted by molar-refractivity contribution is -0.120. The van der Waals surface area contributed by atoms with Crippen LogP contribution in [-0.4, -0.2) is 32.5 Å². The van der Waals surface area contributed by atoms with E-state index in [1.807, 2.05) is 32.2 Å². The van der Waals surface area contributed by atoms with Gasteiger partial charge in [-0.2, -0.15) is 0 Å². The van der Waals surface area contributed by atoms with Crippen LogP contribution in [0.25, 0.3) is 0 Å². The van der Waals surface area contributed by atoms with Crippen LogP contribution in [0.1, 0.15) is 25.3 Å². The predicted molar refractivity (Wildman–Crippen MR) is 84.2 cm³/mol. The number of benzene rings is 1. The second kappa shape index (κ2) is 7.26. The highest BCUT2D eigenvalue weighted by atomic mass is 32.2. The number of hydrogen-bond acceptors (Lipinski definition) is 4. The molecule has 1 amide bonds. The van der Waals surface area contributed by atoms with Crippen molar-refractivity contribution in [1.82, 2.24) is 20.1 Å². The Balaban J connectivity index is 1.83. The summed E-state index contributed by atoms with van der Waals surface area (Å²) >= 11 is 1.41. The number of thioether (sulfide) groups is 1. The van der Waals surface area contributed by atoms with Crippen LogP contribution in [0, 0.1) is 0 Å². The molecule has 0 aliphatic heterocycles. The van der Waals surface area contributed by atoms with Gasteiger partial charge in [-0.1, -0.05) is 49.0 Å². The summed E-state index contributed by atoms with van der Waals surface area (Å²) in [6.45, 7) is 4.62. The fourth-order valence-corrected chi connectivity index (χ4v) is 2.70. The summed E-state index contributed by atoms with van der Waals surface area (Å²) in [5.74, 6) is 0.313. The number of carbonyl (C=O) groups excluding carboxylic acids is 1. The van der Waals surface area contributed by atoms with Crippen LogP contribution in [0.3, 0.4) is 0 Å². The molecular weight excluding hydrogens is 284 g/mol. The number of hydrogen-bond donors (Lipinski definition) is 1. The van der Waals surface area contributed by atoms with Crippen molar-refractivity contribution in [2.45, 2.75) is 30.2 Å². The monoisotopic (exact) mass is 304 g/mol. The average Bonchev–Trinajstić information content (AvgIpc) is 2.90. The van der Waals surface area contributed by atoms with Crippen molar-refractivity contribution in [3.05, 3.63) is 42.2 Å². The van der Waals surface area contributed by atoms with Crippen molar-refractivity contribution in [3.63, 3.8) is 0 Å². The maximum atomic E-state index is 12.1. The van der Waals surface area contributed by atoms with Crippen LogP contribution in [-0.2, 0) is 11.8 Å². The van der Waals surface area contributed by atoms with Gasteiger partial charge in [-0.05, 0) is 18.4 Å². The molecule has 0 saturated heterocycles. The zero-order valence-corrected chi connectivity index (χ0v) is 13.3. The second-order valence-corrected chi connectivity index (χ2v) is 6.35. The lowest BCUT2D eigenvalue weighted by Gasteiger charge is -2.15. The van der Waals surface area contributed by atoms with Crippen molar-refractivity contribution in [3.8, 4) is 0 Å². The molecule has 112 valence electrons. The van der Waals surface area contributed by atoms with Crippen LogP contribution in [0.4, 0.5) is 0 Å². The Kier molecular flexibility index (Phi) is 5.38. The molecule has 2 atom stereocenters. The molecule has 0 aliphatic carbocycles. The van der Waals surface area contributed by atoms with Crippen molar-refractivity contribution in [2.75, 3.05) is 6.54 Å². The molecule has 0 spiro atoms. The number of nitrogens with zero attached hydrogens (tertiary/aromatic N) is 3. The minimum absolute atomic E-state index is 0.0192. The summed E-state index contributed by atoms with van der Waals surface area (Å²) < 4.78 is 1.81. The van der Waals surface area contributed by atoms with Crippen molar-refractivity contribution in [1.29, 1.82) is 0 Å². The molecule has 1 N–H and O–H groups in total. The minimum atomic E-state index is -0.198. The Hall–Kier alpha value is -1.82. The van der Waals surface area contributed by atoms with Crippen LogP contribution < -0.4 is 5.32 Å². The normalized spacial score (nSPS) is 13.7. The zero-order valence-electron chi connectivity index (χ0n) is 12.5. The fraction of sp³-hybridized carbons (Fsp3) is 0.400. The predicted octanol–water partition coefficient (Wildman–Crippen LogP) is 2.22. The Morgan fingerprint density at radius 3 is 2.67 bits per heavy atom. The maximum Gasteiger partial charge on any atom is 0.233 e. The molecule has 2 rings (SSSR count). The Labute approximate surface area is 129 Å². The van der Waals surface area contributed by atoms with Gasteiger partial charge in [0.25, 0.3) is 0 Å². The van der Waals surface area contributed by atoms with Crippen LogP contribution in [0.2, 0.25) is 0 Å². The summed E-state index contributed by atoms with van der Waals surface area (Å²) in [5, 5.41) is 11.3. The van der Waals surface area contributed by atoms with Crippen molar-refractivity contribution in [2.24, 2.45) is 7.05 Å². The van der Waals surface area contributed by atoms with Gasteiger partial charge in [-0.25, -0.2) is 0 Å². The number of amides is 1. The smallest absolute Gasteiger partial charge is 0.233 e. The molecule has 2 unspecified atom stereocenters. The molecule has 5 nitrogen and oxygen atoms in total. The van der Waals surface area contributed by atoms with Gasteiger partial charge < -0.3 is 9.88 Å². The molecule has 0 fully saturated rings. The third-order valence-corrected chi connectivity index (χ3v) is 4.42. The van der Waals surface area contributed by atoms with E-state index in [-0.39, 0.29) is 11.2 Å². The van der Waals surface area contributed by atoms with E-state index >= 15 is 0 Å². The zero-order chi connectivity index (χ0) is 15.2. The van der Waals surface area contributed by atoms with E-state index in [4.69, 9.17) is 0 Å². The summed E-state index contributed by atoms with van der Waals surface area (Å²) in [6.07, 6.45) is 1.63. The first-order chi connectivity index (χ1) is 10.1. The second-order valence-electron chi connectivity index (χ2n) is 5.04. The summed E-state index contributed by atoms with van der Waals surface area (Å²) in [5.41, 5.74) is 1.23. The molecule has 1 aromatic heterocycles. The highest BCUT2D eigenvalue weighted by molar-refractivity contribution is 8.00. The van der Waals surface area contributed by atoms with Crippen LogP contribution >= 0.6 is 11.8 Å². The largest absolute Gasteiger partial charge is 0.355 e. The third kappa shape index (κ3) is 4.32. The number of carbonyl (C=O) groups is 1. The Morgan fingerprint density at radius 2 is 2.05 bits per heavy atom. The summed E-state index contributed by atoms with van der Waals surface area (Å²) in [4.78, 5) is 12.1. The molecule has 0 radical (unpaired) electrons. The van der Waals surface area contributed by atoms with E-state index in [2.05, 4.69) is 34.6 Å². The Bertz CT molecular complexity index is 584. The molecule has 1 heterocycles. The van der Waals surface area contributed by atoms with E-state index in [0.717, 1.165) is 5.16 Å². The molecule has 2 aromatic rings. The molecule has 0 bridgehead atoms. The highest BCUT2D eigenvalue weighted by Crippen LogP contribution is 2.20.